The highest BCUT2D eigenvalue weighted by molar-refractivity contribution is 5.35. The third-order valence-corrected chi connectivity index (χ3v) is 5.10. The van der Waals surface area contributed by atoms with Gasteiger partial charge in [0.1, 0.15) is 0 Å². The zero-order chi connectivity index (χ0) is 16.3. The Balaban J connectivity index is 1.64. The summed E-state index contributed by atoms with van der Waals surface area (Å²) >= 11 is 0. The molecule has 2 aliphatic rings. The van der Waals surface area contributed by atoms with Gasteiger partial charge in [-0.2, -0.15) is 0 Å². The molecule has 2 aliphatic heterocycles. The van der Waals surface area contributed by atoms with E-state index in [0.717, 1.165) is 69.2 Å². The number of rotatable bonds is 4. The standard InChI is InChI=1S/C18H28N2O3/c1-13-10-14(2)20-17(21-3)16(13)12-19-15-4-7-23-18(11-15)5-8-22-9-6-18/h10,15,19H,4-9,11-12H2,1-3H3/t15-/m0/s1. The lowest BCUT2D eigenvalue weighted by atomic mass is 9.84. The zero-order valence-corrected chi connectivity index (χ0v) is 14.5. The molecule has 1 atom stereocenters. The number of nitrogens with zero attached hydrogens (tertiary/aromatic N) is 1. The molecule has 128 valence electrons. The molecule has 3 rings (SSSR count). The Labute approximate surface area is 138 Å². The third kappa shape index (κ3) is 3.84. The van der Waals surface area contributed by atoms with Gasteiger partial charge in [-0.1, -0.05) is 0 Å². The van der Waals surface area contributed by atoms with Crippen LogP contribution in [0.15, 0.2) is 6.07 Å². The predicted octanol–water partition coefficient (Wildman–Crippen LogP) is 2.52. The van der Waals surface area contributed by atoms with Gasteiger partial charge in [0.25, 0.3) is 0 Å². The smallest absolute Gasteiger partial charge is 0.218 e. The molecule has 0 amide bonds. The van der Waals surface area contributed by atoms with Crippen LogP contribution in [0.4, 0.5) is 0 Å². The van der Waals surface area contributed by atoms with Gasteiger partial charge >= 0.3 is 0 Å². The molecule has 2 saturated heterocycles. The van der Waals surface area contributed by atoms with E-state index in [1.54, 1.807) is 7.11 Å². The average Bonchev–Trinajstić information content (AvgIpc) is 2.54. The van der Waals surface area contributed by atoms with Crippen molar-refractivity contribution in [3.8, 4) is 5.88 Å². The average molecular weight is 320 g/mol. The molecule has 0 bridgehead atoms. The first-order chi connectivity index (χ1) is 11.1. The number of nitrogens with one attached hydrogen (secondary N) is 1. The van der Waals surface area contributed by atoms with Crippen molar-refractivity contribution in [3.05, 3.63) is 22.9 Å². The van der Waals surface area contributed by atoms with Gasteiger partial charge in [0.05, 0.1) is 12.7 Å². The Morgan fingerprint density at radius 2 is 2.09 bits per heavy atom. The monoisotopic (exact) mass is 320 g/mol. The molecule has 3 heterocycles. The van der Waals surface area contributed by atoms with Crippen molar-refractivity contribution < 1.29 is 14.2 Å². The quantitative estimate of drug-likeness (QED) is 0.924. The Hall–Kier alpha value is -1.17. The second-order valence-corrected chi connectivity index (χ2v) is 6.78. The first kappa shape index (κ1) is 16.7. The number of aromatic nitrogens is 1. The second-order valence-electron chi connectivity index (χ2n) is 6.78. The van der Waals surface area contributed by atoms with Crippen LogP contribution >= 0.6 is 0 Å². The van der Waals surface area contributed by atoms with Crippen molar-refractivity contribution in [2.75, 3.05) is 26.9 Å². The molecule has 0 aromatic carbocycles. The Morgan fingerprint density at radius 3 is 2.83 bits per heavy atom. The Morgan fingerprint density at radius 1 is 1.30 bits per heavy atom. The van der Waals surface area contributed by atoms with Crippen LogP contribution in [-0.4, -0.2) is 43.6 Å². The number of ether oxygens (including phenoxy) is 3. The van der Waals surface area contributed by atoms with E-state index in [4.69, 9.17) is 14.2 Å². The van der Waals surface area contributed by atoms with Crippen molar-refractivity contribution in [3.63, 3.8) is 0 Å². The van der Waals surface area contributed by atoms with Gasteiger partial charge in [-0.05, 0) is 51.2 Å². The van der Waals surface area contributed by atoms with Crippen molar-refractivity contribution in [1.82, 2.24) is 10.3 Å². The minimum Gasteiger partial charge on any atom is -0.481 e. The lowest BCUT2D eigenvalue weighted by molar-refractivity contribution is -0.140. The van der Waals surface area contributed by atoms with Crippen molar-refractivity contribution in [2.45, 2.75) is 57.7 Å². The molecule has 23 heavy (non-hydrogen) atoms. The fraction of sp³-hybridized carbons (Fsp3) is 0.722. The van der Waals surface area contributed by atoms with Gasteiger partial charge in [0, 0.05) is 43.7 Å². The zero-order valence-electron chi connectivity index (χ0n) is 14.5. The van der Waals surface area contributed by atoms with Crippen LogP contribution in [-0.2, 0) is 16.0 Å². The molecular formula is C18H28N2O3. The molecule has 1 aromatic heterocycles. The van der Waals surface area contributed by atoms with Crippen LogP contribution in [0, 0.1) is 13.8 Å². The fourth-order valence-corrected chi connectivity index (χ4v) is 3.75. The third-order valence-electron chi connectivity index (χ3n) is 5.10. The summed E-state index contributed by atoms with van der Waals surface area (Å²) in [5, 5.41) is 3.70. The summed E-state index contributed by atoms with van der Waals surface area (Å²) in [5.41, 5.74) is 3.41. The van der Waals surface area contributed by atoms with Gasteiger partial charge in [-0.15, -0.1) is 0 Å². The topological polar surface area (TPSA) is 52.6 Å². The van der Waals surface area contributed by atoms with Gasteiger partial charge in [0.2, 0.25) is 5.88 Å². The summed E-state index contributed by atoms with van der Waals surface area (Å²) in [5.74, 6) is 0.739. The maximum Gasteiger partial charge on any atom is 0.218 e. The van der Waals surface area contributed by atoms with E-state index in [1.807, 2.05) is 6.92 Å². The van der Waals surface area contributed by atoms with Crippen LogP contribution in [0.25, 0.3) is 0 Å². The molecule has 1 spiro atoms. The highest BCUT2D eigenvalue weighted by Gasteiger charge is 2.38. The lowest BCUT2D eigenvalue weighted by Crippen LogP contribution is -2.49. The van der Waals surface area contributed by atoms with Crippen LogP contribution in [0.2, 0.25) is 0 Å². The van der Waals surface area contributed by atoms with E-state index in [-0.39, 0.29) is 5.60 Å². The summed E-state index contributed by atoms with van der Waals surface area (Å²) < 4.78 is 17.1. The van der Waals surface area contributed by atoms with Crippen LogP contribution in [0.5, 0.6) is 5.88 Å². The molecular weight excluding hydrogens is 292 g/mol. The maximum atomic E-state index is 6.12. The highest BCUT2D eigenvalue weighted by atomic mass is 16.5. The maximum absolute atomic E-state index is 6.12. The van der Waals surface area contributed by atoms with Crippen molar-refractivity contribution >= 4 is 0 Å². The number of aryl methyl sites for hydroxylation is 2. The molecule has 0 saturated carbocycles. The van der Waals surface area contributed by atoms with Crippen molar-refractivity contribution in [1.29, 1.82) is 0 Å². The van der Waals surface area contributed by atoms with Crippen molar-refractivity contribution in [2.24, 2.45) is 0 Å². The number of methoxy groups -OCH3 is 1. The Kier molecular flexibility index (Phi) is 5.19. The molecule has 0 radical (unpaired) electrons. The first-order valence-electron chi connectivity index (χ1n) is 8.58. The van der Waals surface area contributed by atoms with Crippen LogP contribution < -0.4 is 10.1 Å². The molecule has 5 nitrogen and oxygen atoms in total. The van der Waals surface area contributed by atoms with E-state index in [0.29, 0.717) is 6.04 Å². The number of hydrogen-bond donors (Lipinski definition) is 1. The SMILES string of the molecule is COc1nc(C)cc(C)c1CN[C@H]1CCOC2(CCOCC2)C1. The highest BCUT2D eigenvalue weighted by Crippen LogP contribution is 2.34. The molecule has 2 fully saturated rings. The molecule has 1 N–H and O–H groups in total. The number of pyridine rings is 1. The fourth-order valence-electron chi connectivity index (χ4n) is 3.75. The van der Waals surface area contributed by atoms with Crippen LogP contribution in [0.1, 0.15) is 42.5 Å². The normalized spacial score (nSPS) is 23.9. The van der Waals surface area contributed by atoms with Gasteiger partial charge in [0.15, 0.2) is 0 Å². The molecule has 5 heteroatoms. The van der Waals surface area contributed by atoms with E-state index in [2.05, 4.69) is 23.3 Å². The van der Waals surface area contributed by atoms with E-state index in [1.165, 1.54) is 5.56 Å². The first-order valence-corrected chi connectivity index (χ1v) is 8.58. The summed E-state index contributed by atoms with van der Waals surface area (Å²) in [4.78, 5) is 4.50. The van der Waals surface area contributed by atoms with E-state index in [9.17, 15) is 0 Å². The molecule has 1 aromatic rings. The minimum atomic E-state index is 0.0266. The largest absolute Gasteiger partial charge is 0.481 e. The Bertz CT molecular complexity index is 536. The summed E-state index contributed by atoms with van der Waals surface area (Å²) in [7, 11) is 1.69. The molecule has 0 aliphatic carbocycles. The minimum absolute atomic E-state index is 0.0266. The summed E-state index contributed by atoms with van der Waals surface area (Å²) in [6, 6.07) is 2.59. The summed E-state index contributed by atoms with van der Waals surface area (Å²) in [6.07, 6.45) is 4.15. The summed E-state index contributed by atoms with van der Waals surface area (Å²) in [6.45, 7) is 7.39. The van der Waals surface area contributed by atoms with Gasteiger partial charge in [-0.25, -0.2) is 4.98 Å². The number of hydrogen-bond acceptors (Lipinski definition) is 5. The van der Waals surface area contributed by atoms with Gasteiger partial charge < -0.3 is 19.5 Å². The van der Waals surface area contributed by atoms with Gasteiger partial charge in [-0.3, -0.25) is 0 Å². The van der Waals surface area contributed by atoms with E-state index >= 15 is 0 Å². The van der Waals surface area contributed by atoms with Crippen LogP contribution in [0.3, 0.4) is 0 Å². The second kappa shape index (κ2) is 7.16. The molecule has 0 unspecified atom stereocenters. The lowest BCUT2D eigenvalue weighted by Gasteiger charge is -2.43. The predicted molar refractivity (Wildman–Crippen MR) is 88.9 cm³/mol. The van der Waals surface area contributed by atoms with E-state index < -0.39 is 0 Å².